The Kier molecular flexibility index (Phi) is 5.05. The van der Waals surface area contributed by atoms with Crippen molar-refractivity contribution >= 4 is 46.1 Å². The van der Waals surface area contributed by atoms with Gasteiger partial charge in [0.2, 0.25) is 0 Å². The van der Waals surface area contributed by atoms with Crippen molar-refractivity contribution in [3.63, 3.8) is 0 Å². The molecule has 1 aliphatic rings. The van der Waals surface area contributed by atoms with Gasteiger partial charge in [0.1, 0.15) is 11.3 Å². The summed E-state index contributed by atoms with van der Waals surface area (Å²) < 4.78 is 11.1. The standard InChI is InChI=1S/C23H17N3O4S/c27-21-12-29-19-10-9-15(11-18(19)25-21)24-22(28)16-6-2-1-5-14(16)13-31-23-26-17-7-3-4-8-20(17)30-23/h1-11H,12-13H2,(H,24,28)(H,25,27). The highest BCUT2D eigenvalue weighted by Crippen LogP contribution is 2.31. The summed E-state index contributed by atoms with van der Waals surface area (Å²) in [6.45, 7) is -0.0101. The summed E-state index contributed by atoms with van der Waals surface area (Å²) in [6, 6.07) is 20.1. The van der Waals surface area contributed by atoms with E-state index < -0.39 is 0 Å². The van der Waals surface area contributed by atoms with Crippen LogP contribution in [0.15, 0.2) is 76.4 Å². The van der Waals surface area contributed by atoms with E-state index in [4.69, 9.17) is 9.15 Å². The van der Waals surface area contributed by atoms with Gasteiger partial charge in [-0.3, -0.25) is 9.59 Å². The van der Waals surface area contributed by atoms with Crippen LogP contribution in [0.3, 0.4) is 0 Å². The Bertz CT molecular complexity index is 1270. The van der Waals surface area contributed by atoms with Crippen LogP contribution in [0, 0.1) is 0 Å². The summed E-state index contributed by atoms with van der Waals surface area (Å²) in [6.07, 6.45) is 0. The third kappa shape index (κ3) is 4.10. The lowest BCUT2D eigenvalue weighted by Crippen LogP contribution is -2.25. The second kappa shape index (κ2) is 8.16. The van der Waals surface area contributed by atoms with E-state index in [1.54, 1.807) is 24.3 Å². The van der Waals surface area contributed by atoms with Crippen molar-refractivity contribution in [3.8, 4) is 5.75 Å². The zero-order valence-electron chi connectivity index (χ0n) is 16.3. The maximum Gasteiger partial charge on any atom is 0.262 e. The Morgan fingerprint density at radius 2 is 1.94 bits per heavy atom. The number of amides is 2. The highest BCUT2D eigenvalue weighted by atomic mass is 32.2. The zero-order chi connectivity index (χ0) is 21.2. The van der Waals surface area contributed by atoms with Crippen LogP contribution in [0.5, 0.6) is 5.75 Å². The minimum atomic E-state index is -0.239. The molecule has 0 saturated carbocycles. The molecule has 7 nitrogen and oxygen atoms in total. The Balaban J connectivity index is 1.32. The zero-order valence-corrected chi connectivity index (χ0v) is 17.1. The first-order chi connectivity index (χ1) is 15.2. The number of fused-ring (bicyclic) bond motifs is 2. The molecule has 31 heavy (non-hydrogen) atoms. The molecule has 1 aromatic heterocycles. The molecule has 0 aliphatic carbocycles. The summed E-state index contributed by atoms with van der Waals surface area (Å²) in [7, 11) is 0. The largest absolute Gasteiger partial charge is 0.482 e. The number of nitrogens with zero attached hydrogens (tertiary/aromatic N) is 1. The van der Waals surface area contributed by atoms with Gasteiger partial charge in [-0.25, -0.2) is 4.98 Å². The van der Waals surface area contributed by atoms with E-state index in [2.05, 4.69) is 15.6 Å². The van der Waals surface area contributed by atoms with E-state index in [9.17, 15) is 9.59 Å². The second-order valence-electron chi connectivity index (χ2n) is 6.90. The molecule has 0 unspecified atom stereocenters. The first kappa shape index (κ1) is 19.2. The van der Waals surface area contributed by atoms with Gasteiger partial charge < -0.3 is 19.8 Å². The Hall–Kier alpha value is -3.78. The number of carbonyl (C=O) groups is 2. The number of rotatable bonds is 5. The molecule has 8 heteroatoms. The number of benzene rings is 3. The van der Waals surface area contributed by atoms with Crippen molar-refractivity contribution in [1.82, 2.24) is 4.98 Å². The number of anilines is 2. The van der Waals surface area contributed by atoms with Gasteiger partial charge in [0.05, 0.1) is 5.69 Å². The van der Waals surface area contributed by atoms with Crippen LogP contribution in [-0.4, -0.2) is 23.4 Å². The number of para-hydroxylation sites is 2. The van der Waals surface area contributed by atoms with Gasteiger partial charge in [-0.1, -0.05) is 42.1 Å². The minimum absolute atomic E-state index is 0.0101. The molecule has 2 N–H and O–H groups in total. The lowest BCUT2D eigenvalue weighted by atomic mass is 10.1. The lowest BCUT2D eigenvalue weighted by molar-refractivity contribution is -0.118. The smallest absolute Gasteiger partial charge is 0.262 e. The molecule has 2 amide bonds. The van der Waals surface area contributed by atoms with Crippen LogP contribution < -0.4 is 15.4 Å². The number of aromatic nitrogens is 1. The fraction of sp³-hybridized carbons (Fsp3) is 0.0870. The Labute approximate surface area is 181 Å². The SMILES string of the molecule is O=C1COc2ccc(NC(=O)c3ccccc3CSc3nc4ccccc4o3)cc2N1. The Morgan fingerprint density at radius 3 is 2.84 bits per heavy atom. The highest BCUT2D eigenvalue weighted by Gasteiger charge is 2.18. The van der Waals surface area contributed by atoms with E-state index in [1.165, 1.54) is 11.8 Å². The molecule has 0 spiro atoms. The molecular weight excluding hydrogens is 414 g/mol. The fourth-order valence-electron chi connectivity index (χ4n) is 3.28. The molecule has 0 fully saturated rings. The predicted octanol–water partition coefficient (Wildman–Crippen LogP) is 4.70. The van der Waals surface area contributed by atoms with E-state index >= 15 is 0 Å². The van der Waals surface area contributed by atoms with Crippen LogP contribution in [-0.2, 0) is 10.5 Å². The van der Waals surface area contributed by atoms with Crippen molar-refractivity contribution in [2.75, 3.05) is 17.2 Å². The molecule has 1 aliphatic heterocycles. The maximum absolute atomic E-state index is 12.9. The number of ether oxygens (including phenoxy) is 1. The molecule has 3 aromatic carbocycles. The summed E-state index contributed by atoms with van der Waals surface area (Å²) in [4.78, 5) is 28.9. The third-order valence-corrected chi connectivity index (χ3v) is 5.63. The van der Waals surface area contributed by atoms with Gasteiger partial charge in [-0.05, 0) is 42.0 Å². The van der Waals surface area contributed by atoms with Crippen molar-refractivity contribution in [3.05, 3.63) is 77.9 Å². The van der Waals surface area contributed by atoms with E-state index in [1.807, 2.05) is 42.5 Å². The summed E-state index contributed by atoms with van der Waals surface area (Å²) in [5.74, 6) is 0.645. The topological polar surface area (TPSA) is 93.5 Å². The Morgan fingerprint density at radius 1 is 1.10 bits per heavy atom. The molecule has 2 heterocycles. The van der Waals surface area contributed by atoms with Gasteiger partial charge in [-0.15, -0.1) is 0 Å². The van der Waals surface area contributed by atoms with E-state index in [-0.39, 0.29) is 18.4 Å². The van der Waals surface area contributed by atoms with Crippen molar-refractivity contribution < 1.29 is 18.7 Å². The average Bonchev–Trinajstić information content (AvgIpc) is 3.20. The van der Waals surface area contributed by atoms with Crippen LogP contribution in [0.4, 0.5) is 11.4 Å². The second-order valence-corrected chi connectivity index (χ2v) is 7.82. The molecule has 0 radical (unpaired) electrons. The first-order valence-corrected chi connectivity index (χ1v) is 10.6. The summed E-state index contributed by atoms with van der Waals surface area (Å²) in [5, 5.41) is 6.18. The average molecular weight is 431 g/mol. The fourth-order valence-corrected chi connectivity index (χ4v) is 4.12. The van der Waals surface area contributed by atoms with Gasteiger partial charge in [0.15, 0.2) is 12.2 Å². The molecule has 4 aromatic rings. The highest BCUT2D eigenvalue weighted by molar-refractivity contribution is 7.98. The molecular formula is C23H17N3O4S. The number of nitrogens with one attached hydrogen (secondary N) is 2. The number of hydrogen-bond acceptors (Lipinski definition) is 6. The van der Waals surface area contributed by atoms with Crippen LogP contribution in [0.1, 0.15) is 15.9 Å². The normalized spacial score (nSPS) is 12.7. The predicted molar refractivity (Wildman–Crippen MR) is 119 cm³/mol. The summed E-state index contributed by atoms with van der Waals surface area (Å²) in [5.41, 5.74) is 4.06. The van der Waals surface area contributed by atoms with Gasteiger partial charge >= 0.3 is 0 Å². The minimum Gasteiger partial charge on any atom is -0.482 e. The van der Waals surface area contributed by atoms with E-state index in [0.717, 1.165) is 16.7 Å². The van der Waals surface area contributed by atoms with Crippen molar-refractivity contribution in [2.45, 2.75) is 11.0 Å². The number of hydrogen-bond donors (Lipinski definition) is 2. The van der Waals surface area contributed by atoms with Crippen LogP contribution >= 0.6 is 11.8 Å². The van der Waals surface area contributed by atoms with Crippen molar-refractivity contribution in [2.24, 2.45) is 0 Å². The lowest BCUT2D eigenvalue weighted by Gasteiger charge is -2.18. The quantitative estimate of drug-likeness (QED) is 0.445. The van der Waals surface area contributed by atoms with Crippen LogP contribution in [0.2, 0.25) is 0 Å². The summed E-state index contributed by atoms with van der Waals surface area (Å²) >= 11 is 1.43. The first-order valence-electron chi connectivity index (χ1n) is 9.60. The monoisotopic (exact) mass is 431 g/mol. The van der Waals surface area contributed by atoms with Gasteiger partial charge in [-0.2, -0.15) is 0 Å². The molecule has 0 saturated heterocycles. The molecule has 5 rings (SSSR count). The number of carbonyl (C=O) groups excluding carboxylic acids is 2. The third-order valence-electron chi connectivity index (χ3n) is 4.76. The number of oxazole rings is 1. The molecule has 154 valence electrons. The number of thioether (sulfide) groups is 1. The van der Waals surface area contributed by atoms with Gasteiger partial charge in [0.25, 0.3) is 17.0 Å². The van der Waals surface area contributed by atoms with E-state index in [0.29, 0.717) is 33.7 Å². The maximum atomic E-state index is 12.9. The van der Waals surface area contributed by atoms with Crippen LogP contribution in [0.25, 0.3) is 11.1 Å². The van der Waals surface area contributed by atoms with Gasteiger partial charge in [0, 0.05) is 17.0 Å². The molecule has 0 bridgehead atoms. The van der Waals surface area contributed by atoms with Crippen molar-refractivity contribution in [1.29, 1.82) is 0 Å². The molecule has 0 atom stereocenters.